The van der Waals surface area contributed by atoms with Gasteiger partial charge in [-0.05, 0) is 42.9 Å². The molecule has 2 heterocycles. The van der Waals surface area contributed by atoms with E-state index in [1.165, 1.54) is 32.1 Å². The van der Waals surface area contributed by atoms with Crippen molar-refractivity contribution in [1.82, 2.24) is 14.9 Å². The first-order valence-electron chi connectivity index (χ1n) is 10.0. The van der Waals surface area contributed by atoms with Crippen LogP contribution in [0.15, 0.2) is 17.2 Å². The van der Waals surface area contributed by atoms with Crippen LogP contribution >= 0.6 is 0 Å². The maximum atomic E-state index is 12.4. The number of piperidine rings is 1. The zero-order chi connectivity index (χ0) is 17.6. The number of fused-ring (bicyclic) bond motifs is 1. The first-order valence-corrected chi connectivity index (χ1v) is 10.0. The molecule has 5 nitrogen and oxygen atoms in total. The molecule has 0 spiro atoms. The van der Waals surface area contributed by atoms with E-state index in [2.05, 4.69) is 29.0 Å². The molecule has 1 aromatic heterocycles. The lowest BCUT2D eigenvalue weighted by molar-refractivity contribution is -0.0922. The van der Waals surface area contributed by atoms with Crippen molar-refractivity contribution in [2.24, 2.45) is 24.3 Å². The van der Waals surface area contributed by atoms with Crippen molar-refractivity contribution in [3.05, 3.63) is 22.7 Å². The number of aromatic nitrogens is 2. The van der Waals surface area contributed by atoms with Crippen LogP contribution in [0.4, 0.5) is 5.82 Å². The third-order valence-corrected chi connectivity index (χ3v) is 7.14. The third kappa shape index (κ3) is 2.90. The Kier molecular flexibility index (Phi) is 4.38. The number of hydrogen-bond donors (Lipinski definition) is 1. The highest BCUT2D eigenvalue weighted by atomic mass is 16.1. The van der Waals surface area contributed by atoms with E-state index in [0.29, 0.717) is 23.3 Å². The molecule has 25 heavy (non-hydrogen) atoms. The molecule has 0 radical (unpaired) electrons. The van der Waals surface area contributed by atoms with E-state index in [-0.39, 0.29) is 5.56 Å². The molecule has 1 N–H and O–H groups in total. The molecule has 0 unspecified atom stereocenters. The Morgan fingerprint density at radius 3 is 2.84 bits per heavy atom. The van der Waals surface area contributed by atoms with Gasteiger partial charge in [0.15, 0.2) is 5.82 Å². The van der Waals surface area contributed by atoms with Gasteiger partial charge in [-0.15, -0.1) is 0 Å². The second-order valence-corrected chi connectivity index (χ2v) is 8.97. The summed E-state index contributed by atoms with van der Waals surface area (Å²) in [6.45, 7) is 6.74. The molecular formula is C20H32N4O. The Morgan fingerprint density at radius 1 is 1.20 bits per heavy atom. The molecule has 0 aromatic carbocycles. The van der Waals surface area contributed by atoms with Gasteiger partial charge in [0, 0.05) is 44.6 Å². The van der Waals surface area contributed by atoms with E-state index in [1.54, 1.807) is 24.0 Å². The Balaban J connectivity index is 1.45. The van der Waals surface area contributed by atoms with Crippen molar-refractivity contribution in [2.45, 2.75) is 64.5 Å². The highest BCUT2D eigenvalue weighted by molar-refractivity contribution is 5.36. The standard InChI is InChI=1S/C20H32N4O/c1-20(2)16-9-5-4-8-15(16)17(20)22-14-7-6-11-24(13-14)18-19(25)23(3)12-10-21-18/h10,12,14-17,22H,4-9,11,13H2,1-3H3/t14-,15+,16-,17-/m0/s1. The lowest BCUT2D eigenvalue weighted by Gasteiger charge is -2.62. The van der Waals surface area contributed by atoms with Crippen molar-refractivity contribution in [2.75, 3.05) is 18.0 Å². The molecule has 5 heteroatoms. The molecule has 2 aliphatic carbocycles. The normalized spacial score (nSPS) is 34.3. The van der Waals surface area contributed by atoms with E-state index in [0.717, 1.165) is 31.3 Å². The van der Waals surface area contributed by atoms with Gasteiger partial charge in [-0.3, -0.25) is 4.79 Å². The average Bonchev–Trinajstić information content (AvgIpc) is 2.62. The fourth-order valence-corrected chi connectivity index (χ4v) is 5.75. The minimum Gasteiger partial charge on any atom is -0.350 e. The number of hydrogen-bond acceptors (Lipinski definition) is 4. The Morgan fingerprint density at radius 2 is 2.00 bits per heavy atom. The number of aryl methyl sites for hydroxylation is 1. The van der Waals surface area contributed by atoms with E-state index in [4.69, 9.17) is 0 Å². The van der Waals surface area contributed by atoms with Gasteiger partial charge in [0.25, 0.3) is 5.56 Å². The highest BCUT2D eigenvalue weighted by Gasteiger charge is 2.56. The molecule has 1 saturated heterocycles. The fourth-order valence-electron chi connectivity index (χ4n) is 5.75. The van der Waals surface area contributed by atoms with Gasteiger partial charge >= 0.3 is 0 Å². The Hall–Kier alpha value is -1.36. The van der Waals surface area contributed by atoms with Crippen LogP contribution in [0.3, 0.4) is 0 Å². The van der Waals surface area contributed by atoms with Gasteiger partial charge in [-0.2, -0.15) is 0 Å². The van der Waals surface area contributed by atoms with Gasteiger partial charge in [0.2, 0.25) is 0 Å². The van der Waals surface area contributed by atoms with Crippen LogP contribution in [0, 0.1) is 17.3 Å². The van der Waals surface area contributed by atoms with Crippen molar-refractivity contribution in [3.8, 4) is 0 Å². The molecule has 138 valence electrons. The van der Waals surface area contributed by atoms with Crippen molar-refractivity contribution < 1.29 is 0 Å². The van der Waals surface area contributed by atoms with E-state index in [1.807, 2.05) is 0 Å². The fraction of sp³-hybridized carbons (Fsp3) is 0.800. The predicted octanol–water partition coefficient (Wildman–Crippen LogP) is 2.55. The predicted molar refractivity (Wildman–Crippen MR) is 101 cm³/mol. The maximum Gasteiger partial charge on any atom is 0.293 e. The third-order valence-electron chi connectivity index (χ3n) is 7.14. The molecule has 0 amide bonds. The van der Waals surface area contributed by atoms with Crippen LogP contribution in [0.25, 0.3) is 0 Å². The first kappa shape index (κ1) is 17.1. The van der Waals surface area contributed by atoms with Crippen LogP contribution < -0.4 is 15.8 Å². The van der Waals surface area contributed by atoms with Gasteiger partial charge in [-0.1, -0.05) is 26.7 Å². The van der Waals surface area contributed by atoms with E-state index in [9.17, 15) is 4.79 Å². The summed E-state index contributed by atoms with van der Waals surface area (Å²) in [5.41, 5.74) is 0.425. The van der Waals surface area contributed by atoms with Crippen molar-refractivity contribution in [3.63, 3.8) is 0 Å². The van der Waals surface area contributed by atoms with Crippen LogP contribution in [0.2, 0.25) is 0 Å². The second-order valence-electron chi connectivity index (χ2n) is 8.97. The monoisotopic (exact) mass is 344 g/mol. The number of rotatable bonds is 3. The quantitative estimate of drug-likeness (QED) is 0.915. The number of nitrogens with one attached hydrogen (secondary N) is 1. The van der Waals surface area contributed by atoms with Gasteiger partial charge in [0.05, 0.1) is 0 Å². The lowest BCUT2D eigenvalue weighted by atomic mass is 9.47. The summed E-state index contributed by atoms with van der Waals surface area (Å²) in [5, 5.41) is 4.00. The van der Waals surface area contributed by atoms with Crippen LogP contribution in [-0.4, -0.2) is 34.7 Å². The summed E-state index contributed by atoms with van der Waals surface area (Å²) < 4.78 is 1.63. The summed E-state index contributed by atoms with van der Waals surface area (Å²) in [6.07, 6.45) is 11.4. The molecule has 0 bridgehead atoms. The van der Waals surface area contributed by atoms with E-state index < -0.39 is 0 Å². The van der Waals surface area contributed by atoms with Gasteiger partial charge < -0.3 is 14.8 Å². The summed E-state index contributed by atoms with van der Waals surface area (Å²) in [4.78, 5) is 19.0. The largest absolute Gasteiger partial charge is 0.350 e. The maximum absolute atomic E-state index is 12.4. The molecule has 3 aliphatic rings. The van der Waals surface area contributed by atoms with Crippen LogP contribution in [0.1, 0.15) is 52.4 Å². The SMILES string of the molecule is Cn1ccnc(N2CCC[C@H](N[C@H]3[C@@H]4CCCC[C@@H]4C3(C)C)C2)c1=O. The van der Waals surface area contributed by atoms with Crippen molar-refractivity contribution in [1.29, 1.82) is 0 Å². The number of anilines is 1. The molecule has 1 aromatic rings. The molecular weight excluding hydrogens is 312 g/mol. The minimum atomic E-state index is 0.0134. The van der Waals surface area contributed by atoms with Gasteiger partial charge in [-0.25, -0.2) is 4.98 Å². The summed E-state index contributed by atoms with van der Waals surface area (Å²) in [6, 6.07) is 1.10. The van der Waals surface area contributed by atoms with Crippen molar-refractivity contribution >= 4 is 5.82 Å². The van der Waals surface area contributed by atoms with E-state index >= 15 is 0 Å². The summed E-state index contributed by atoms with van der Waals surface area (Å²) in [7, 11) is 1.80. The Labute approximate surface area is 150 Å². The van der Waals surface area contributed by atoms with Crippen LogP contribution in [-0.2, 0) is 7.05 Å². The second kappa shape index (κ2) is 6.42. The zero-order valence-corrected chi connectivity index (χ0v) is 15.9. The molecule has 2 saturated carbocycles. The highest BCUT2D eigenvalue weighted by Crippen LogP contribution is 2.57. The molecule has 4 atom stereocenters. The topological polar surface area (TPSA) is 50.2 Å². The summed E-state index contributed by atoms with van der Waals surface area (Å²) >= 11 is 0. The summed E-state index contributed by atoms with van der Waals surface area (Å²) in [5.74, 6) is 2.38. The molecule has 1 aliphatic heterocycles. The minimum absolute atomic E-state index is 0.0134. The molecule has 3 fully saturated rings. The average molecular weight is 345 g/mol. The van der Waals surface area contributed by atoms with Crippen LogP contribution in [0.5, 0.6) is 0 Å². The van der Waals surface area contributed by atoms with Gasteiger partial charge in [0.1, 0.15) is 0 Å². The Bertz CT molecular complexity index is 683. The molecule has 4 rings (SSSR count). The lowest BCUT2D eigenvalue weighted by Crippen LogP contribution is -2.67. The zero-order valence-electron chi connectivity index (χ0n) is 15.9. The number of nitrogens with zero attached hydrogens (tertiary/aromatic N) is 3. The first-order chi connectivity index (χ1) is 12.0. The smallest absolute Gasteiger partial charge is 0.293 e.